The van der Waals surface area contributed by atoms with Gasteiger partial charge in [-0.2, -0.15) is 13.2 Å². The summed E-state index contributed by atoms with van der Waals surface area (Å²) in [6.45, 7) is 0.775. The smallest absolute Gasteiger partial charge is 0.400 e. The fourth-order valence-corrected chi connectivity index (χ4v) is 2.32. The molecule has 0 heterocycles. The summed E-state index contributed by atoms with van der Waals surface area (Å²) in [7, 11) is -3.29. The average Bonchev–Trinajstić information content (AvgIpc) is 2.12. The summed E-state index contributed by atoms with van der Waals surface area (Å²) in [4.78, 5) is 0. The fraction of sp³-hybridized carbons (Fsp3) is 0.875. The standard InChI is InChI=1S/C8H16F3N3O3S/c1-5(4-18(2,16)17)13-3-6(7(12)14-15)8(9,10)11/h5-6,13,15H,3-4H2,1-2H3,(H2,12,14). The third-order valence-corrected chi connectivity index (χ3v) is 3.20. The van der Waals surface area contributed by atoms with Gasteiger partial charge in [-0.15, -0.1) is 0 Å². The van der Waals surface area contributed by atoms with Gasteiger partial charge >= 0.3 is 6.18 Å². The largest absolute Gasteiger partial charge is 0.409 e. The predicted molar refractivity (Wildman–Crippen MR) is 60.1 cm³/mol. The molecule has 10 heteroatoms. The van der Waals surface area contributed by atoms with Gasteiger partial charge in [0, 0.05) is 18.8 Å². The van der Waals surface area contributed by atoms with Crippen LogP contribution < -0.4 is 11.1 Å². The molecule has 0 aromatic heterocycles. The van der Waals surface area contributed by atoms with Crippen LogP contribution in [0, 0.1) is 5.92 Å². The lowest BCUT2D eigenvalue weighted by Gasteiger charge is -2.21. The quantitative estimate of drug-likeness (QED) is 0.275. The molecular weight excluding hydrogens is 275 g/mol. The number of hydrogen-bond acceptors (Lipinski definition) is 5. The van der Waals surface area contributed by atoms with Crippen molar-refractivity contribution in [2.75, 3.05) is 18.6 Å². The second-order valence-corrected chi connectivity index (χ2v) is 6.21. The van der Waals surface area contributed by atoms with Crippen molar-refractivity contribution >= 4 is 15.7 Å². The van der Waals surface area contributed by atoms with Crippen molar-refractivity contribution < 1.29 is 26.8 Å². The van der Waals surface area contributed by atoms with Crippen LogP contribution in [0.3, 0.4) is 0 Å². The Kier molecular flexibility index (Phi) is 5.87. The molecule has 18 heavy (non-hydrogen) atoms. The molecule has 4 N–H and O–H groups in total. The normalized spacial score (nSPS) is 17.5. The highest BCUT2D eigenvalue weighted by atomic mass is 32.2. The van der Waals surface area contributed by atoms with Gasteiger partial charge in [-0.25, -0.2) is 8.42 Å². The first-order valence-electron chi connectivity index (χ1n) is 4.92. The second-order valence-electron chi connectivity index (χ2n) is 4.02. The van der Waals surface area contributed by atoms with Gasteiger partial charge < -0.3 is 16.3 Å². The molecule has 0 bridgehead atoms. The number of hydrogen-bond donors (Lipinski definition) is 3. The van der Waals surface area contributed by atoms with E-state index in [2.05, 4.69) is 10.5 Å². The monoisotopic (exact) mass is 291 g/mol. The lowest BCUT2D eigenvalue weighted by atomic mass is 10.1. The van der Waals surface area contributed by atoms with Gasteiger partial charge in [0.15, 0.2) is 5.84 Å². The molecule has 6 nitrogen and oxygen atoms in total. The number of rotatable bonds is 6. The summed E-state index contributed by atoms with van der Waals surface area (Å²) in [5, 5.41) is 13.0. The molecule has 0 aliphatic rings. The van der Waals surface area contributed by atoms with E-state index in [9.17, 15) is 21.6 Å². The zero-order valence-corrected chi connectivity index (χ0v) is 10.7. The predicted octanol–water partition coefficient (Wildman–Crippen LogP) is -0.0660. The van der Waals surface area contributed by atoms with E-state index in [0.29, 0.717) is 0 Å². The molecule has 2 unspecified atom stereocenters. The molecule has 108 valence electrons. The maximum atomic E-state index is 12.5. The first kappa shape index (κ1) is 17.0. The average molecular weight is 291 g/mol. The van der Waals surface area contributed by atoms with Crippen molar-refractivity contribution in [2.24, 2.45) is 16.8 Å². The SMILES string of the molecule is CC(CS(C)(=O)=O)NCC(C(N)=NO)C(F)(F)F. The van der Waals surface area contributed by atoms with Crippen LogP contribution in [0.5, 0.6) is 0 Å². The molecule has 0 fully saturated rings. The highest BCUT2D eigenvalue weighted by Gasteiger charge is 2.42. The number of nitrogens with one attached hydrogen (secondary N) is 1. The van der Waals surface area contributed by atoms with Gasteiger partial charge in [-0.05, 0) is 6.92 Å². The van der Waals surface area contributed by atoms with Crippen molar-refractivity contribution in [3.8, 4) is 0 Å². The van der Waals surface area contributed by atoms with Crippen LogP contribution in [0.1, 0.15) is 6.92 Å². The number of nitrogens with two attached hydrogens (primary N) is 1. The van der Waals surface area contributed by atoms with Gasteiger partial charge in [0.1, 0.15) is 15.8 Å². The Bertz CT molecular complexity index is 394. The van der Waals surface area contributed by atoms with E-state index < -0.39 is 40.4 Å². The highest BCUT2D eigenvalue weighted by molar-refractivity contribution is 7.90. The maximum absolute atomic E-state index is 12.5. The van der Waals surface area contributed by atoms with Crippen molar-refractivity contribution in [1.29, 1.82) is 0 Å². The fourth-order valence-electron chi connectivity index (χ4n) is 1.29. The molecule has 2 atom stereocenters. The zero-order valence-electron chi connectivity index (χ0n) is 9.90. The van der Waals surface area contributed by atoms with E-state index in [1.165, 1.54) is 6.92 Å². The lowest BCUT2D eigenvalue weighted by Crippen LogP contribution is -2.46. The van der Waals surface area contributed by atoms with E-state index in [1.54, 1.807) is 0 Å². The molecule has 0 spiro atoms. The molecule has 0 aliphatic heterocycles. The third kappa shape index (κ3) is 6.64. The van der Waals surface area contributed by atoms with Crippen molar-refractivity contribution in [2.45, 2.75) is 19.1 Å². The van der Waals surface area contributed by atoms with Crippen LogP contribution in [0.2, 0.25) is 0 Å². The number of halogens is 3. The Hall–Kier alpha value is -1.03. The van der Waals surface area contributed by atoms with Gasteiger partial charge in [0.05, 0.1) is 5.75 Å². The molecule has 0 amide bonds. The van der Waals surface area contributed by atoms with Crippen LogP contribution in [-0.4, -0.2) is 50.2 Å². The highest BCUT2D eigenvalue weighted by Crippen LogP contribution is 2.25. The Labute approximate surface area is 103 Å². The number of amidine groups is 1. The third-order valence-electron chi connectivity index (χ3n) is 2.09. The van der Waals surface area contributed by atoms with E-state index >= 15 is 0 Å². The molecule has 0 aromatic rings. The summed E-state index contributed by atoms with van der Waals surface area (Å²) in [6, 6.07) is -0.670. The van der Waals surface area contributed by atoms with E-state index in [0.717, 1.165) is 6.26 Å². The topological polar surface area (TPSA) is 105 Å². The first-order valence-corrected chi connectivity index (χ1v) is 6.98. The molecule has 0 aromatic carbocycles. The Morgan fingerprint density at radius 3 is 2.33 bits per heavy atom. The minimum Gasteiger partial charge on any atom is -0.409 e. The maximum Gasteiger partial charge on any atom is 0.400 e. The van der Waals surface area contributed by atoms with E-state index in [-0.39, 0.29) is 5.75 Å². The van der Waals surface area contributed by atoms with Gasteiger partial charge in [-0.3, -0.25) is 0 Å². The summed E-state index contributed by atoms with van der Waals surface area (Å²) in [5.74, 6) is -3.43. The summed E-state index contributed by atoms with van der Waals surface area (Å²) < 4.78 is 59.4. The van der Waals surface area contributed by atoms with Gasteiger partial charge in [0.2, 0.25) is 0 Å². The minimum atomic E-state index is -4.67. The number of sulfone groups is 1. The first-order chi connectivity index (χ1) is 7.97. The number of alkyl halides is 3. The number of nitrogens with zero attached hydrogens (tertiary/aromatic N) is 1. The number of oxime groups is 1. The van der Waals surface area contributed by atoms with Crippen LogP contribution >= 0.6 is 0 Å². The molecule has 0 saturated heterocycles. The minimum absolute atomic E-state index is 0.298. The molecule has 0 radical (unpaired) electrons. The van der Waals surface area contributed by atoms with Gasteiger partial charge in [0.25, 0.3) is 0 Å². The van der Waals surface area contributed by atoms with Crippen molar-refractivity contribution in [1.82, 2.24) is 5.32 Å². The second kappa shape index (κ2) is 6.23. The molecular formula is C8H16F3N3O3S. The summed E-state index contributed by atoms with van der Waals surface area (Å²) >= 11 is 0. The van der Waals surface area contributed by atoms with Crippen LogP contribution in [-0.2, 0) is 9.84 Å². The van der Waals surface area contributed by atoms with Crippen LogP contribution in [0.15, 0.2) is 5.16 Å². The van der Waals surface area contributed by atoms with Crippen molar-refractivity contribution in [3.05, 3.63) is 0 Å². The summed E-state index contributed by atoms with van der Waals surface area (Å²) in [5.41, 5.74) is 4.94. The Morgan fingerprint density at radius 2 is 2.00 bits per heavy atom. The molecule has 0 aliphatic carbocycles. The van der Waals surface area contributed by atoms with Gasteiger partial charge in [-0.1, -0.05) is 5.16 Å². The lowest BCUT2D eigenvalue weighted by molar-refractivity contribution is -0.155. The molecule has 0 saturated carbocycles. The van der Waals surface area contributed by atoms with E-state index in [4.69, 9.17) is 10.9 Å². The van der Waals surface area contributed by atoms with Crippen LogP contribution in [0.4, 0.5) is 13.2 Å². The summed E-state index contributed by atoms with van der Waals surface area (Å²) in [6.07, 6.45) is -3.69. The van der Waals surface area contributed by atoms with E-state index in [1.807, 2.05) is 0 Å². The Morgan fingerprint density at radius 1 is 1.50 bits per heavy atom. The molecule has 0 rings (SSSR count). The Balaban J connectivity index is 4.56. The van der Waals surface area contributed by atoms with Crippen molar-refractivity contribution in [3.63, 3.8) is 0 Å². The zero-order chi connectivity index (χ0) is 14.6. The van der Waals surface area contributed by atoms with Crippen LogP contribution in [0.25, 0.3) is 0 Å².